The van der Waals surface area contributed by atoms with E-state index in [4.69, 9.17) is 33.2 Å². The molecule has 358 valence electrons. The van der Waals surface area contributed by atoms with Crippen molar-refractivity contribution >= 4 is 11.8 Å². The van der Waals surface area contributed by atoms with Gasteiger partial charge in [-0.1, -0.05) is 46.3 Å². The maximum atomic E-state index is 13.0. The summed E-state index contributed by atoms with van der Waals surface area (Å²) < 4.78 is 43.2. The molecule has 8 rings (SSSR count). The van der Waals surface area contributed by atoms with E-state index in [0.29, 0.717) is 49.7 Å². The van der Waals surface area contributed by atoms with Crippen molar-refractivity contribution in [2.45, 2.75) is 197 Å². The number of aliphatic carboxylic acids is 1. The molecule has 4 saturated heterocycles. The standard InChI is InChI=1S/C45H70O18.Na/c1-18(2)12-20(47)13-19(3)23-6-7-24-22-15-27-26-14-21(8-10-45(26,5)25(22)9-11-44(23,24)4)58-42-39(35(53)34(52)37(61-42)40(55)56)63-43-38(33(51)30(48)28(16-46)59-43)62-41-36(54)32(50)31(49)29(60-41)17-57-27;/h15,18-19,21,23-39,41-43,46,48-54H,6-14,16-17H2,1-5H3,(H,55,56);/q;+1/p-1/t19-,21+,23-,24+,25+,26-,27-,28-,29-,30+,31-,32+,33+,34+,35+,36-,37+,38-,39-,41+,42-,43+,44-,45-;/m1./s1. The molecule has 0 aromatic heterocycles. The number of aliphatic hydroxyl groups excluding tert-OH is 8. The molecule has 0 amide bonds. The van der Waals surface area contributed by atoms with Crippen molar-refractivity contribution in [1.82, 2.24) is 0 Å². The molecule has 24 atom stereocenters. The Kier molecular flexibility index (Phi) is 15.9. The summed E-state index contributed by atoms with van der Waals surface area (Å²) in [6.45, 7) is 9.93. The molecule has 4 heterocycles. The van der Waals surface area contributed by atoms with Gasteiger partial charge in [0, 0.05) is 12.8 Å². The Morgan fingerprint density at radius 3 is 2.03 bits per heavy atom. The van der Waals surface area contributed by atoms with Crippen LogP contribution in [0.15, 0.2) is 11.6 Å². The zero-order valence-corrected chi connectivity index (χ0v) is 39.8. The average molecular weight is 921 g/mol. The molecule has 7 fully saturated rings. The maximum absolute atomic E-state index is 13.0. The van der Waals surface area contributed by atoms with E-state index >= 15 is 0 Å². The number of hydrogen-bond donors (Lipinski definition) is 8. The summed E-state index contributed by atoms with van der Waals surface area (Å²) in [7, 11) is 0. The fourth-order valence-electron chi connectivity index (χ4n) is 13.3. The number of allylic oxidation sites excluding steroid dienone is 1. The molecular weight excluding hydrogens is 851 g/mol. The molecule has 0 spiro atoms. The van der Waals surface area contributed by atoms with Crippen LogP contribution in [-0.2, 0) is 42.7 Å². The quantitative estimate of drug-likeness (QED) is 0.0888. The second-order valence-electron chi connectivity index (χ2n) is 20.9. The molecule has 0 radical (unpaired) electrons. The van der Waals surface area contributed by atoms with Gasteiger partial charge in [0.15, 0.2) is 18.9 Å². The molecule has 64 heavy (non-hydrogen) atoms. The fraction of sp³-hybridized carbons (Fsp3) is 0.911. The van der Waals surface area contributed by atoms with Crippen LogP contribution in [0.4, 0.5) is 0 Å². The number of carbonyl (C=O) groups excluding carboxylic acids is 2. The van der Waals surface area contributed by atoms with E-state index in [1.165, 1.54) is 5.57 Å². The van der Waals surface area contributed by atoms with Crippen LogP contribution >= 0.6 is 0 Å². The van der Waals surface area contributed by atoms with Gasteiger partial charge in [-0.3, -0.25) is 4.79 Å². The van der Waals surface area contributed by atoms with Crippen molar-refractivity contribution in [3.8, 4) is 0 Å². The van der Waals surface area contributed by atoms with Gasteiger partial charge in [-0.15, -0.1) is 0 Å². The Morgan fingerprint density at radius 1 is 0.719 bits per heavy atom. The minimum Gasteiger partial charge on any atom is -0.547 e. The van der Waals surface area contributed by atoms with E-state index in [1.807, 2.05) is 0 Å². The molecule has 3 saturated carbocycles. The molecule has 4 bridgehead atoms. The number of ether oxygens (including phenoxy) is 7. The van der Waals surface area contributed by atoms with Gasteiger partial charge in [-0.05, 0) is 91.3 Å². The zero-order chi connectivity index (χ0) is 45.4. The van der Waals surface area contributed by atoms with Crippen molar-refractivity contribution in [3.05, 3.63) is 11.6 Å². The maximum Gasteiger partial charge on any atom is 1.00 e. The first-order chi connectivity index (χ1) is 29.8. The second kappa shape index (κ2) is 19.9. The molecule has 19 heteroatoms. The minimum atomic E-state index is -2.08. The van der Waals surface area contributed by atoms with Gasteiger partial charge in [0.25, 0.3) is 0 Å². The van der Waals surface area contributed by atoms with Gasteiger partial charge in [0.05, 0.1) is 31.4 Å². The number of carboxylic acids is 1. The SMILES string of the molecule is CC(C)CC(=O)C[C@@H](C)[C@H]1CC[C@H]2C3=C[C@H]4OC[C@H]5O[C@@H](O[C@H]6[C@H](O[C@H]7[C@H](O[C@H]8CC[C@@](C)([C@@H]4C8)[C@H]3CC[C@]12C)O[C@H](C(=O)[O-])[C@@H](O)[C@@H]7O)O[C@H](CO)[C@H](O)[C@@H]6O)[C@H](O)[C@@H](O)[C@@H]5O.[Na+]. The van der Waals surface area contributed by atoms with Crippen LogP contribution in [0, 0.1) is 46.3 Å². The Hall–Kier alpha value is -0.720. The minimum absolute atomic E-state index is 0. The number of Topliss-reactive ketones (excluding diaryl/α,β-unsaturated/α-hetero) is 1. The summed E-state index contributed by atoms with van der Waals surface area (Å²) in [6.07, 6.45) is -19.1. The second-order valence-corrected chi connectivity index (χ2v) is 20.9. The van der Waals surface area contributed by atoms with Crippen molar-refractivity contribution < 1.29 is 118 Å². The number of rotatable bonds is 7. The molecule has 8 N–H and O–H groups in total. The number of ketones is 1. The number of carbonyl (C=O) groups is 2. The first-order valence-electron chi connectivity index (χ1n) is 23.1. The van der Waals surface area contributed by atoms with Crippen LogP contribution in [0.25, 0.3) is 0 Å². The number of fused-ring (bicyclic) bond motifs is 9. The Labute approximate surface area is 396 Å². The average Bonchev–Trinajstić information content (AvgIpc) is 3.59. The van der Waals surface area contributed by atoms with Gasteiger partial charge >= 0.3 is 29.6 Å². The van der Waals surface area contributed by atoms with Crippen LogP contribution in [0.5, 0.6) is 0 Å². The Morgan fingerprint density at radius 2 is 1.36 bits per heavy atom. The largest absolute Gasteiger partial charge is 1.00 e. The van der Waals surface area contributed by atoms with E-state index in [1.54, 1.807) is 0 Å². The van der Waals surface area contributed by atoms with E-state index in [-0.39, 0.29) is 70.7 Å². The third-order valence-electron chi connectivity index (χ3n) is 16.6. The van der Waals surface area contributed by atoms with Crippen molar-refractivity contribution in [1.29, 1.82) is 0 Å². The van der Waals surface area contributed by atoms with Gasteiger partial charge < -0.3 is 83.9 Å². The van der Waals surface area contributed by atoms with E-state index in [0.717, 1.165) is 25.7 Å². The van der Waals surface area contributed by atoms with Crippen LogP contribution in [0.1, 0.15) is 92.4 Å². The van der Waals surface area contributed by atoms with Crippen molar-refractivity contribution in [3.63, 3.8) is 0 Å². The summed E-state index contributed by atoms with van der Waals surface area (Å²) in [4.78, 5) is 25.2. The molecule has 18 nitrogen and oxygen atoms in total. The molecule has 0 aromatic rings. The topological polar surface area (TPSA) is 284 Å². The normalized spacial score (nSPS) is 51.0. The monoisotopic (exact) mass is 920 g/mol. The van der Waals surface area contributed by atoms with E-state index in [2.05, 4.69) is 40.7 Å². The third kappa shape index (κ3) is 9.23. The molecule has 8 aliphatic rings. The summed E-state index contributed by atoms with van der Waals surface area (Å²) in [5.74, 6) is -0.396. The summed E-state index contributed by atoms with van der Waals surface area (Å²) in [5.41, 5.74) is 0.957. The van der Waals surface area contributed by atoms with Crippen LogP contribution in [-0.4, -0.2) is 170 Å². The number of carboxylic acid groups (broad SMARTS) is 1. The summed E-state index contributed by atoms with van der Waals surface area (Å²) in [5, 5.41) is 100. The summed E-state index contributed by atoms with van der Waals surface area (Å²) in [6, 6.07) is 0. The molecule has 0 unspecified atom stereocenters. The Balaban J connectivity index is 0.00000612. The van der Waals surface area contributed by atoms with Gasteiger partial charge in [-0.2, -0.15) is 0 Å². The van der Waals surface area contributed by atoms with Crippen LogP contribution < -0.4 is 34.7 Å². The molecule has 0 aromatic carbocycles. The smallest absolute Gasteiger partial charge is 0.547 e. The van der Waals surface area contributed by atoms with Crippen molar-refractivity contribution in [2.75, 3.05) is 13.2 Å². The number of aliphatic hydroxyl groups is 8. The van der Waals surface area contributed by atoms with E-state index < -0.39 is 117 Å². The van der Waals surface area contributed by atoms with Gasteiger partial charge in [-0.25, -0.2) is 0 Å². The molecular formula is C45H69NaO18. The first-order valence-corrected chi connectivity index (χ1v) is 23.1. The molecule has 4 aliphatic heterocycles. The van der Waals surface area contributed by atoms with Crippen molar-refractivity contribution in [2.24, 2.45) is 46.3 Å². The zero-order valence-electron chi connectivity index (χ0n) is 37.8. The summed E-state index contributed by atoms with van der Waals surface area (Å²) >= 11 is 0. The number of hydrogen-bond acceptors (Lipinski definition) is 18. The first kappa shape index (κ1) is 51.1. The predicted octanol–water partition coefficient (Wildman–Crippen LogP) is -4.18. The fourth-order valence-corrected chi connectivity index (χ4v) is 13.3. The molecule has 4 aliphatic carbocycles. The predicted molar refractivity (Wildman–Crippen MR) is 213 cm³/mol. The third-order valence-corrected chi connectivity index (χ3v) is 16.6. The Bertz CT molecular complexity index is 1690. The van der Waals surface area contributed by atoms with E-state index in [9.17, 15) is 55.5 Å². The van der Waals surface area contributed by atoms with Crippen LogP contribution in [0.2, 0.25) is 0 Å². The van der Waals surface area contributed by atoms with Crippen LogP contribution in [0.3, 0.4) is 0 Å². The van der Waals surface area contributed by atoms with Gasteiger partial charge in [0.1, 0.15) is 79.0 Å². The van der Waals surface area contributed by atoms with Gasteiger partial charge in [0.2, 0.25) is 0 Å².